The highest BCUT2D eigenvalue weighted by molar-refractivity contribution is 7.13. The van der Waals surface area contributed by atoms with Gasteiger partial charge in [-0.15, -0.1) is 11.3 Å². The molecule has 1 heterocycles. The molecule has 0 aliphatic heterocycles. The van der Waals surface area contributed by atoms with Crippen LogP contribution in [0.2, 0.25) is 0 Å². The van der Waals surface area contributed by atoms with Gasteiger partial charge in [0.15, 0.2) is 0 Å². The highest BCUT2D eigenvalue weighted by atomic mass is 32.1. The molecule has 4 heteroatoms. The van der Waals surface area contributed by atoms with E-state index in [0.29, 0.717) is 16.7 Å². The van der Waals surface area contributed by atoms with Crippen molar-refractivity contribution in [3.63, 3.8) is 0 Å². The van der Waals surface area contributed by atoms with Gasteiger partial charge in [-0.1, -0.05) is 24.3 Å². The number of hydrogen-bond acceptors (Lipinski definition) is 3. The van der Waals surface area contributed by atoms with Gasteiger partial charge in [0, 0.05) is 11.8 Å². The zero-order valence-corrected chi connectivity index (χ0v) is 11.8. The molecule has 3 nitrogen and oxygen atoms in total. The third-order valence-corrected chi connectivity index (χ3v) is 5.45. The van der Waals surface area contributed by atoms with Crippen LogP contribution in [0.4, 0.5) is 0 Å². The molecule has 0 unspecified atom stereocenters. The lowest BCUT2D eigenvalue weighted by Crippen LogP contribution is -1.98. The predicted molar refractivity (Wildman–Crippen MR) is 77.6 cm³/mol. The second-order valence-electron chi connectivity index (χ2n) is 5.72. The van der Waals surface area contributed by atoms with E-state index in [2.05, 4.69) is 24.3 Å². The van der Waals surface area contributed by atoms with Crippen LogP contribution >= 0.6 is 11.3 Å². The summed E-state index contributed by atoms with van der Waals surface area (Å²) in [6, 6.07) is 8.48. The molecule has 0 radical (unpaired) electrons. The number of hydrogen-bond donors (Lipinski definition) is 1. The molecule has 1 aromatic heterocycles. The fourth-order valence-electron chi connectivity index (χ4n) is 3.04. The summed E-state index contributed by atoms with van der Waals surface area (Å²) in [4.78, 5) is 16.5. The first-order valence-corrected chi connectivity index (χ1v) is 7.84. The lowest BCUT2D eigenvalue weighted by Gasteiger charge is -2.03. The van der Waals surface area contributed by atoms with Gasteiger partial charge in [0.25, 0.3) is 0 Å². The quantitative estimate of drug-likeness (QED) is 0.937. The van der Waals surface area contributed by atoms with Crippen molar-refractivity contribution in [1.82, 2.24) is 4.98 Å². The van der Waals surface area contributed by atoms with Crippen molar-refractivity contribution in [3.05, 3.63) is 51.0 Å². The van der Waals surface area contributed by atoms with E-state index in [0.717, 1.165) is 36.4 Å². The minimum absolute atomic E-state index is 0.364. The zero-order chi connectivity index (χ0) is 13.7. The van der Waals surface area contributed by atoms with Crippen LogP contribution in [0.3, 0.4) is 0 Å². The molecule has 20 heavy (non-hydrogen) atoms. The number of carboxylic acid groups (broad SMARTS) is 1. The lowest BCUT2D eigenvalue weighted by atomic mass is 10.1. The van der Waals surface area contributed by atoms with Gasteiger partial charge in [-0.3, -0.25) is 0 Å². The average molecular weight is 285 g/mol. The Hall–Kier alpha value is -1.68. The van der Waals surface area contributed by atoms with E-state index >= 15 is 0 Å². The first kappa shape index (κ1) is 12.1. The van der Waals surface area contributed by atoms with Crippen LogP contribution in [0, 0.1) is 0 Å². The molecule has 1 N–H and O–H groups in total. The summed E-state index contributed by atoms with van der Waals surface area (Å²) < 4.78 is 0. The van der Waals surface area contributed by atoms with E-state index in [9.17, 15) is 9.90 Å². The van der Waals surface area contributed by atoms with Crippen LogP contribution in [0.5, 0.6) is 0 Å². The zero-order valence-electron chi connectivity index (χ0n) is 11.0. The van der Waals surface area contributed by atoms with Gasteiger partial charge in [-0.25, -0.2) is 9.78 Å². The Kier molecular flexibility index (Phi) is 2.67. The number of aromatic nitrogens is 1. The van der Waals surface area contributed by atoms with Gasteiger partial charge in [0.2, 0.25) is 0 Å². The van der Waals surface area contributed by atoms with E-state index in [-0.39, 0.29) is 0 Å². The minimum Gasteiger partial charge on any atom is -0.477 e. The van der Waals surface area contributed by atoms with Crippen molar-refractivity contribution in [2.24, 2.45) is 0 Å². The van der Waals surface area contributed by atoms with Crippen molar-refractivity contribution < 1.29 is 9.90 Å². The van der Waals surface area contributed by atoms with E-state index < -0.39 is 5.97 Å². The molecular formula is C16H15NO2S. The van der Waals surface area contributed by atoms with Crippen molar-refractivity contribution in [2.75, 3.05) is 0 Å². The largest absolute Gasteiger partial charge is 0.477 e. The van der Waals surface area contributed by atoms with Gasteiger partial charge in [0.05, 0.1) is 10.7 Å². The maximum Gasteiger partial charge on any atom is 0.347 e. The molecule has 0 spiro atoms. The normalized spacial score (nSPS) is 18.2. The lowest BCUT2D eigenvalue weighted by molar-refractivity contribution is 0.0700. The molecular weight excluding hydrogens is 270 g/mol. The molecule has 0 amide bonds. The van der Waals surface area contributed by atoms with Crippen molar-refractivity contribution in [2.45, 2.75) is 37.5 Å². The number of aromatic carboxylic acids is 1. The monoisotopic (exact) mass is 285 g/mol. The smallest absolute Gasteiger partial charge is 0.347 e. The topological polar surface area (TPSA) is 50.2 Å². The summed E-state index contributed by atoms with van der Waals surface area (Å²) in [6.07, 6.45) is 4.17. The van der Waals surface area contributed by atoms with Crippen LogP contribution in [-0.4, -0.2) is 16.1 Å². The van der Waals surface area contributed by atoms with E-state index in [4.69, 9.17) is 4.98 Å². The maximum absolute atomic E-state index is 11.4. The van der Waals surface area contributed by atoms with Crippen LogP contribution in [0.25, 0.3) is 0 Å². The molecule has 2 aliphatic rings. The Morgan fingerprint density at radius 2 is 1.80 bits per heavy atom. The Balaban J connectivity index is 1.67. The van der Waals surface area contributed by atoms with Crippen molar-refractivity contribution in [1.29, 1.82) is 0 Å². The summed E-state index contributed by atoms with van der Waals surface area (Å²) in [5.41, 5.74) is 3.61. The predicted octanol–water partition coefficient (Wildman–Crippen LogP) is 3.60. The van der Waals surface area contributed by atoms with Gasteiger partial charge < -0.3 is 5.11 Å². The molecule has 0 atom stereocenters. The van der Waals surface area contributed by atoms with Gasteiger partial charge in [0.1, 0.15) is 4.88 Å². The molecule has 2 aliphatic carbocycles. The summed E-state index contributed by atoms with van der Waals surface area (Å²) >= 11 is 1.39. The SMILES string of the molecule is O=C(O)c1sc(C2Cc3ccccc3C2)nc1C1CC1. The number of thiazole rings is 1. The fraction of sp³-hybridized carbons (Fsp3) is 0.375. The summed E-state index contributed by atoms with van der Waals surface area (Å²) in [6.45, 7) is 0. The molecule has 4 rings (SSSR count). The minimum atomic E-state index is -0.814. The van der Waals surface area contributed by atoms with Crippen LogP contribution in [0.15, 0.2) is 24.3 Å². The highest BCUT2D eigenvalue weighted by Gasteiger charge is 2.34. The first-order valence-electron chi connectivity index (χ1n) is 7.03. The summed E-state index contributed by atoms with van der Waals surface area (Å²) in [7, 11) is 0. The maximum atomic E-state index is 11.4. The van der Waals surface area contributed by atoms with E-state index in [1.807, 2.05) is 0 Å². The molecule has 0 bridgehead atoms. The average Bonchev–Trinajstić information content (AvgIpc) is 3.04. The molecule has 1 aromatic carbocycles. The second-order valence-corrected chi connectivity index (χ2v) is 6.75. The number of nitrogens with zero attached hydrogens (tertiary/aromatic N) is 1. The van der Waals surface area contributed by atoms with Crippen LogP contribution in [0.1, 0.15) is 56.2 Å². The molecule has 0 saturated heterocycles. The molecule has 2 aromatic rings. The Bertz CT molecular complexity index is 663. The van der Waals surface area contributed by atoms with Crippen molar-refractivity contribution in [3.8, 4) is 0 Å². The van der Waals surface area contributed by atoms with Crippen LogP contribution in [-0.2, 0) is 12.8 Å². The first-order chi connectivity index (χ1) is 9.72. The summed E-state index contributed by atoms with van der Waals surface area (Å²) in [5.74, 6) is -0.0518. The molecule has 102 valence electrons. The highest BCUT2D eigenvalue weighted by Crippen LogP contribution is 2.45. The second kappa shape index (κ2) is 4.42. The standard InChI is InChI=1S/C16H15NO2S/c18-16(19)14-13(9-5-6-9)17-15(20-14)12-7-10-3-1-2-4-11(10)8-12/h1-4,9,12H,5-8H2,(H,18,19). The molecule has 1 saturated carbocycles. The van der Waals surface area contributed by atoms with Gasteiger partial charge in [-0.2, -0.15) is 0 Å². The number of fused-ring (bicyclic) bond motifs is 1. The Morgan fingerprint density at radius 1 is 1.15 bits per heavy atom. The fourth-order valence-corrected chi connectivity index (χ4v) is 4.13. The van der Waals surface area contributed by atoms with Gasteiger partial charge >= 0.3 is 5.97 Å². The Labute approximate surface area is 121 Å². The van der Waals surface area contributed by atoms with Crippen LogP contribution < -0.4 is 0 Å². The Morgan fingerprint density at radius 3 is 2.35 bits per heavy atom. The molecule has 1 fully saturated rings. The number of carboxylic acids is 1. The number of benzene rings is 1. The van der Waals surface area contributed by atoms with E-state index in [1.54, 1.807) is 0 Å². The van der Waals surface area contributed by atoms with Gasteiger partial charge in [-0.05, 0) is 36.8 Å². The number of rotatable bonds is 3. The summed E-state index contributed by atoms with van der Waals surface area (Å²) in [5, 5.41) is 10.4. The third kappa shape index (κ3) is 1.95. The number of carbonyl (C=O) groups is 1. The van der Waals surface area contributed by atoms with Crippen molar-refractivity contribution >= 4 is 17.3 Å². The third-order valence-electron chi connectivity index (χ3n) is 4.23. The van der Waals surface area contributed by atoms with E-state index in [1.165, 1.54) is 22.5 Å².